The number of allylic oxidation sites excluding steroid dienone is 3. The highest BCUT2D eigenvalue weighted by atomic mass is 19.1. The number of aliphatic imine (C=N–C) groups is 1. The third-order valence-corrected chi connectivity index (χ3v) is 7.50. The molecule has 1 atom stereocenters. The highest BCUT2D eigenvalue weighted by Gasteiger charge is 2.37. The molecule has 2 amide bonds. The van der Waals surface area contributed by atoms with E-state index in [-0.39, 0.29) is 23.7 Å². The van der Waals surface area contributed by atoms with E-state index in [0.29, 0.717) is 65.1 Å². The van der Waals surface area contributed by atoms with Crippen LogP contribution in [0.2, 0.25) is 0 Å². The van der Waals surface area contributed by atoms with Gasteiger partial charge in [-0.05, 0) is 50.0 Å². The van der Waals surface area contributed by atoms with E-state index in [2.05, 4.69) is 21.8 Å². The molecule has 3 aliphatic rings. The molecular formula is C29H38FN5O2. The lowest BCUT2D eigenvalue weighted by atomic mass is 10.1. The minimum absolute atomic E-state index is 0.00322. The molecule has 1 N–H and O–H groups in total. The normalized spacial score (nSPS) is 20.8. The molecule has 0 aromatic heterocycles. The van der Waals surface area contributed by atoms with Crippen LogP contribution in [0.3, 0.4) is 0 Å². The van der Waals surface area contributed by atoms with Crippen molar-refractivity contribution < 1.29 is 14.0 Å². The number of halogens is 1. The number of carbonyl (C=O) groups is 2. The Bertz CT molecular complexity index is 1100. The van der Waals surface area contributed by atoms with E-state index in [0.717, 1.165) is 34.7 Å². The van der Waals surface area contributed by atoms with Crippen LogP contribution >= 0.6 is 0 Å². The van der Waals surface area contributed by atoms with Gasteiger partial charge in [-0.15, -0.1) is 0 Å². The van der Waals surface area contributed by atoms with Gasteiger partial charge in [-0.1, -0.05) is 30.9 Å². The molecule has 7 nitrogen and oxygen atoms in total. The third kappa shape index (κ3) is 6.55. The fourth-order valence-corrected chi connectivity index (χ4v) is 5.21. The zero-order valence-corrected chi connectivity index (χ0v) is 22.0. The standard InChI is InChI=1S/C29H38FN5O2/c1-4-5-10-25-22(3)19-31-27(32-25)12-13-28(36)35-14-7-11-26(35)29(37)34-17-15-33(16-18-34)20-23-21(2)8-6-9-24(23)30/h4-6,8-10,26H,1,7,11-20H2,2-3H3,(H,31,32)/b10-5-/t26-/m0/s1. The first kappa shape index (κ1) is 26.8. The van der Waals surface area contributed by atoms with Crippen LogP contribution in [-0.4, -0.2) is 77.7 Å². The maximum absolute atomic E-state index is 14.3. The Morgan fingerprint density at radius 2 is 1.97 bits per heavy atom. The molecule has 37 heavy (non-hydrogen) atoms. The van der Waals surface area contributed by atoms with E-state index in [1.54, 1.807) is 17.0 Å². The number of amidine groups is 1. The van der Waals surface area contributed by atoms with Crippen LogP contribution in [0, 0.1) is 12.7 Å². The van der Waals surface area contributed by atoms with Gasteiger partial charge in [-0.3, -0.25) is 19.5 Å². The smallest absolute Gasteiger partial charge is 0.245 e. The molecule has 0 unspecified atom stereocenters. The summed E-state index contributed by atoms with van der Waals surface area (Å²) in [6, 6.07) is 4.77. The van der Waals surface area contributed by atoms with Crippen LogP contribution in [0.5, 0.6) is 0 Å². The van der Waals surface area contributed by atoms with Crippen molar-refractivity contribution in [2.24, 2.45) is 4.99 Å². The largest absolute Gasteiger partial charge is 0.344 e. The number of nitrogens with zero attached hydrogens (tertiary/aromatic N) is 4. The Morgan fingerprint density at radius 3 is 2.70 bits per heavy atom. The second-order valence-electron chi connectivity index (χ2n) is 10.1. The van der Waals surface area contributed by atoms with Crippen molar-refractivity contribution in [3.05, 3.63) is 71.2 Å². The van der Waals surface area contributed by atoms with E-state index in [1.165, 1.54) is 6.07 Å². The zero-order valence-electron chi connectivity index (χ0n) is 22.0. The van der Waals surface area contributed by atoms with E-state index in [4.69, 9.17) is 0 Å². The minimum Gasteiger partial charge on any atom is -0.344 e. The molecule has 0 saturated carbocycles. The molecule has 1 aromatic carbocycles. The highest BCUT2D eigenvalue weighted by molar-refractivity contribution is 5.92. The monoisotopic (exact) mass is 507 g/mol. The maximum atomic E-state index is 14.3. The van der Waals surface area contributed by atoms with Crippen LogP contribution in [0.4, 0.5) is 4.39 Å². The second-order valence-corrected chi connectivity index (χ2v) is 10.1. The van der Waals surface area contributed by atoms with Crippen LogP contribution < -0.4 is 5.32 Å². The van der Waals surface area contributed by atoms with Gasteiger partial charge in [-0.2, -0.15) is 0 Å². The van der Waals surface area contributed by atoms with Crippen molar-refractivity contribution in [3.8, 4) is 0 Å². The van der Waals surface area contributed by atoms with Gasteiger partial charge >= 0.3 is 0 Å². The average Bonchev–Trinajstić information content (AvgIpc) is 3.39. The summed E-state index contributed by atoms with van der Waals surface area (Å²) >= 11 is 0. The van der Waals surface area contributed by atoms with Gasteiger partial charge in [0.1, 0.15) is 17.7 Å². The zero-order chi connectivity index (χ0) is 26.4. The van der Waals surface area contributed by atoms with E-state index in [1.807, 2.05) is 37.0 Å². The number of piperazine rings is 1. The van der Waals surface area contributed by atoms with Crippen LogP contribution in [0.15, 0.2) is 59.3 Å². The summed E-state index contributed by atoms with van der Waals surface area (Å²) in [6.07, 6.45) is 7.95. The predicted octanol–water partition coefficient (Wildman–Crippen LogP) is 3.57. The number of aryl methyl sites for hydroxylation is 1. The Hall–Kier alpha value is -3.26. The van der Waals surface area contributed by atoms with Crippen molar-refractivity contribution in [1.29, 1.82) is 0 Å². The summed E-state index contributed by atoms with van der Waals surface area (Å²) in [4.78, 5) is 36.9. The number of hydrogen-bond acceptors (Lipinski definition) is 5. The minimum atomic E-state index is -0.387. The third-order valence-electron chi connectivity index (χ3n) is 7.50. The summed E-state index contributed by atoms with van der Waals surface area (Å²) in [6.45, 7) is 12.0. The first-order chi connectivity index (χ1) is 17.9. The Kier molecular flexibility index (Phi) is 8.92. The number of rotatable bonds is 8. The van der Waals surface area contributed by atoms with Gasteiger partial charge in [0.25, 0.3) is 0 Å². The summed E-state index contributed by atoms with van der Waals surface area (Å²) in [7, 11) is 0. The molecule has 2 fully saturated rings. The molecule has 198 valence electrons. The Morgan fingerprint density at radius 1 is 1.19 bits per heavy atom. The summed E-state index contributed by atoms with van der Waals surface area (Å²) in [5.41, 5.74) is 3.81. The molecule has 4 rings (SSSR count). The molecule has 8 heteroatoms. The molecule has 3 heterocycles. The van der Waals surface area contributed by atoms with E-state index < -0.39 is 0 Å². The van der Waals surface area contributed by atoms with Gasteiger partial charge in [-0.25, -0.2) is 4.39 Å². The number of likely N-dealkylation sites (tertiary alicyclic amines) is 1. The molecule has 3 aliphatic heterocycles. The first-order valence-electron chi connectivity index (χ1n) is 13.2. The van der Waals surface area contributed by atoms with Crippen molar-refractivity contribution in [1.82, 2.24) is 20.0 Å². The fourth-order valence-electron chi connectivity index (χ4n) is 5.21. The number of hydrogen-bond donors (Lipinski definition) is 1. The lowest BCUT2D eigenvalue weighted by Gasteiger charge is -2.37. The molecule has 0 aliphatic carbocycles. The van der Waals surface area contributed by atoms with Crippen molar-refractivity contribution in [2.45, 2.75) is 52.1 Å². The van der Waals surface area contributed by atoms with Crippen LogP contribution in [0.25, 0.3) is 0 Å². The lowest BCUT2D eigenvalue weighted by Crippen LogP contribution is -2.54. The van der Waals surface area contributed by atoms with Gasteiger partial charge in [0.15, 0.2) is 0 Å². The van der Waals surface area contributed by atoms with Gasteiger partial charge in [0.05, 0.1) is 6.54 Å². The molecular weight excluding hydrogens is 469 g/mol. The highest BCUT2D eigenvalue weighted by Crippen LogP contribution is 2.23. The van der Waals surface area contributed by atoms with Crippen molar-refractivity contribution in [2.75, 3.05) is 39.3 Å². The molecule has 0 bridgehead atoms. The quantitative estimate of drug-likeness (QED) is 0.547. The molecule has 0 radical (unpaired) electrons. The second kappa shape index (κ2) is 12.3. The lowest BCUT2D eigenvalue weighted by molar-refractivity contribution is -0.145. The average molecular weight is 508 g/mol. The van der Waals surface area contributed by atoms with Crippen molar-refractivity contribution >= 4 is 17.6 Å². The first-order valence-corrected chi connectivity index (χ1v) is 13.2. The fraction of sp³-hybridized carbons (Fsp3) is 0.483. The summed E-state index contributed by atoms with van der Waals surface area (Å²) < 4.78 is 14.3. The van der Waals surface area contributed by atoms with Crippen molar-refractivity contribution in [3.63, 3.8) is 0 Å². The molecule has 0 spiro atoms. The van der Waals surface area contributed by atoms with Gasteiger partial charge < -0.3 is 15.1 Å². The SMILES string of the molecule is C=C/C=C\C1=C(C)CN=C(CCC(=O)N2CCC[C@H]2C(=O)N2CCN(Cc3c(C)cccc3F)CC2)N1. The molecule has 2 saturated heterocycles. The number of nitrogens with one attached hydrogen (secondary N) is 1. The topological polar surface area (TPSA) is 68.2 Å². The number of benzene rings is 1. The summed E-state index contributed by atoms with van der Waals surface area (Å²) in [5, 5.41) is 3.32. The van der Waals surface area contributed by atoms with Gasteiger partial charge in [0.2, 0.25) is 11.8 Å². The Labute approximate surface area is 219 Å². The number of carbonyl (C=O) groups excluding carboxylic acids is 2. The number of amides is 2. The summed E-state index contributed by atoms with van der Waals surface area (Å²) in [5.74, 6) is 0.661. The van der Waals surface area contributed by atoms with E-state index in [9.17, 15) is 14.0 Å². The molecule has 1 aromatic rings. The van der Waals surface area contributed by atoms with Crippen LogP contribution in [0.1, 0.15) is 43.7 Å². The van der Waals surface area contributed by atoms with Gasteiger partial charge in [0, 0.05) is 63.4 Å². The maximum Gasteiger partial charge on any atom is 0.245 e. The van der Waals surface area contributed by atoms with E-state index >= 15 is 0 Å². The Balaban J connectivity index is 1.27. The predicted molar refractivity (Wildman–Crippen MR) is 144 cm³/mol. The van der Waals surface area contributed by atoms with Crippen LogP contribution in [-0.2, 0) is 16.1 Å².